The standard InChI is InChI=1S/C11H17BrN2O/c1-8(5-6-15-2)11(13)10-4-3-9(12)7-14-10/h3-4,7-8,11H,5-6,13H2,1-2H3. The number of aromatic nitrogens is 1. The van der Waals surface area contributed by atoms with Gasteiger partial charge in [-0.3, -0.25) is 4.98 Å². The second-order valence-corrected chi connectivity index (χ2v) is 4.60. The highest BCUT2D eigenvalue weighted by atomic mass is 79.9. The lowest BCUT2D eigenvalue weighted by atomic mass is 9.96. The molecule has 0 aliphatic rings. The zero-order chi connectivity index (χ0) is 11.3. The lowest BCUT2D eigenvalue weighted by Gasteiger charge is -2.18. The molecule has 1 heterocycles. The summed E-state index contributed by atoms with van der Waals surface area (Å²) in [6.45, 7) is 2.86. The average molecular weight is 273 g/mol. The van der Waals surface area contributed by atoms with E-state index in [2.05, 4.69) is 27.8 Å². The van der Waals surface area contributed by atoms with Gasteiger partial charge in [-0.2, -0.15) is 0 Å². The molecule has 0 saturated carbocycles. The van der Waals surface area contributed by atoms with E-state index in [0.29, 0.717) is 5.92 Å². The van der Waals surface area contributed by atoms with Gasteiger partial charge in [0.15, 0.2) is 0 Å². The van der Waals surface area contributed by atoms with E-state index < -0.39 is 0 Å². The average Bonchev–Trinajstić information content (AvgIpc) is 2.26. The molecule has 0 radical (unpaired) electrons. The van der Waals surface area contributed by atoms with E-state index >= 15 is 0 Å². The molecule has 4 heteroatoms. The molecule has 1 aromatic rings. The van der Waals surface area contributed by atoms with Crippen LogP contribution in [-0.4, -0.2) is 18.7 Å². The van der Waals surface area contributed by atoms with Gasteiger partial charge in [0.1, 0.15) is 0 Å². The lowest BCUT2D eigenvalue weighted by Crippen LogP contribution is -2.21. The highest BCUT2D eigenvalue weighted by Gasteiger charge is 2.15. The van der Waals surface area contributed by atoms with Crippen molar-refractivity contribution in [1.29, 1.82) is 0 Å². The van der Waals surface area contributed by atoms with Gasteiger partial charge >= 0.3 is 0 Å². The first-order chi connectivity index (χ1) is 7.15. The van der Waals surface area contributed by atoms with E-state index in [4.69, 9.17) is 10.5 Å². The van der Waals surface area contributed by atoms with Gasteiger partial charge in [-0.25, -0.2) is 0 Å². The predicted octanol–water partition coefficient (Wildman–Crippen LogP) is 2.52. The number of methoxy groups -OCH3 is 1. The summed E-state index contributed by atoms with van der Waals surface area (Å²) in [5.74, 6) is 0.374. The molecule has 2 atom stereocenters. The van der Waals surface area contributed by atoms with E-state index in [1.54, 1.807) is 13.3 Å². The van der Waals surface area contributed by atoms with Crippen molar-refractivity contribution >= 4 is 15.9 Å². The molecule has 15 heavy (non-hydrogen) atoms. The summed E-state index contributed by atoms with van der Waals surface area (Å²) in [5, 5.41) is 0. The molecule has 0 spiro atoms. The summed E-state index contributed by atoms with van der Waals surface area (Å²) < 4.78 is 6.01. The predicted molar refractivity (Wildman–Crippen MR) is 64.5 cm³/mol. The Balaban J connectivity index is 2.59. The van der Waals surface area contributed by atoms with Crippen molar-refractivity contribution in [2.45, 2.75) is 19.4 Å². The van der Waals surface area contributed by atoms with Crippen molar-refractivity contribution in [3.05, 3.63) is 28.5 Å². The molecule has 0 fully saturated rings. The van der Waals surface area contributed by atoms with Crippen LogP contribution in [-0.2, 0) is 4.74 Å². The maximum atomic E-state index is 6.10. The topological polar surface area (TPSA) is 48.1 Å². The maximum absolute atomic E-state index is 6.10. The normalized spacial score (nSPS) is 14.9. The number of nitrogens with zero attached hydrogens (tertiary/aromatic N) is 1. The molecular weight excluding hydrogens is 256 g/mol. The van der Waals surface area contributed by atoms with Gasteiger partial charge in [0.25, 0.3) is 0 Å². The van der Waals surface area contributed by atoms with Crippen LogP contribution in [0.5, 0.6) is 0 Å². The second-order valence-electron chi connectivity index (χ2n) is 3.69. The van der Waals surface area contributed by atoms with Gasteiger partial charge in [-0.1, -0.05) is 6.92 Å². The third-order valence-electron chi connectivity index (χ3n) is 2.48. The highest BCUT2D eigenvalue weighted by Crippen LogP contribution is 2.21. The quantitative estimate of drug-likeness (QED) is 0.896. The van der Waals surface area contributed by atoms with Crippen LogP contribution < -0.4 is 5.73 Å². The van der Waals surface area contributed by atoms with Crippen LogP contribution in [0.4, 0.5) is 0 Å². The first-order valence-corrected chi connectivity index (χ1v) is 5.80. The zero-order valence-electron chi connectivity index (χ0n) is 9.11. The summed E-state index contributed by atoms with van der Waals surface area (Å²) >= 11 is 3.35. The number of hydrogen-bond acceptors (Lipinski definition) is 3. The molecule has 0 aromatic carbocycles. The Morgan fingerprint density at radius 1 is 1.53 bits per heavy atom. The van der Waals surface area contributed by atoms with Crippen LogP contribution in [0.2, 0.25) is 0 Å². The first kappa shape index (κ1) is 12.6. The number of pyridine rings is 1. The van der Waals surface area contributed by atoms with Gasteiger partial charge in [0, 0.05) is 30.4 Å². The molecule has 1 aromatic heterocycles. The van der Waals surface area contributed by atoms with Crippen LogP contribution in [0.15, 0.2) is 22.8 Å². The largest absolute Gasteiger partial charge is 0.385 e. The van der Waals surface area contributed by atoms with Crippen LogP contribution >= 0.6 is 15.9 Å². The Bertz CT molecular complexity index is 289. The SMILES string of the molecule is COCCC(C)C(N)c1ccc(Br)cn1. The van der Waals surface area contributed by atoms with Crippen LogP contribution in [0.3, 0.4) is 0 Å². The zero-order valence-corrected chi connectivity index (χ0v) is 10.7. The van der Waals surface area contributed by atoms with Crippen molar-refractivity contribution in [3.8, 4) is 0 Å². The second kappa shape index (κ2) is 6.20. The minimum Gasteiger partial charge on any atom is -0.385 e. The van der Waals surface area contributed by atoms with Gasteiger partial charge in [-0.05, 0) is 40.4 Å². The number of hydrogen-bond donors (Lipinski definition) is 1. The fourth-order valence-electron chi connectivity index (χ4n) is 1.36. The van der Waals surface area contributed by atoms with Crippen LogP contribution in [0.1, 0.15) is 25.1 Å². The van der Waals surface area contributed by atoms with E-state index in [9.17, 15) is 0 Å². The molecule has 2 unspecified atom stereocenters. The lowest BCUT2D eigenvalue weighted by molar-refractivity contribution is 0.174. The van der Waals surface area contributed by atoms with E-state index in [1.165, 1.54) is 0 Å². The third kappa shape index (κ3) is 3.89. The Kier molecular flexibility index (Phi) is 5.22. The van der Waals surface area contributed by atoms with Crippen LogP contribution in [0.25, 0.3) is 0 Å². The summed E-state index contributed by atoms with van der Waals surface area (Å²) in [6.07, 6.45) is 2.73. The molecule has 0 aliphatic heterocycles. The highest BCUT2D eigenvalue weighted by molar-refractivity contribution is 9.10. The minimum absolute atomic E-state index is 0.0201. The van der Waals surface area contributed by atoms with Gasteiger partial charge in [0.2, 0.25) is 0 Å². The van der Waals surface area contributed by atoms with Crippen molar-refractivity contribution in [1.82, 2.24) is 4.98 Å². The molecule has 84 valence electrons. The smallest absolute Gasteiger partial charge is 0.0574 e. The van der Waals surface area contributed by atoms with E-state index in [1.807, 2.05) is 12.1 Å². The molecule has 0 amide bonds. The maximum Gasteiger partial charge on any atom is 0.0574 e. The molecule has 0 saturated heterocycles. The Morgan fingerprint density at radius 3 is 2.80 bits per heavy atom. The fraction of sp³-hybridized carbons (Fsp3) is 0.545. The van der Waals surface area contributed by atoms with Crippen molar-refractivity contribution in [2.75, 3.05) is 13.7 Å². The third-order valence-corrected chi connectivity index (χ3v) is 2.95. The van der Waals surface area contributed by atoms with Gasteiger partial charge in [-0.15, -0.1) is 0 Å². The monoisotopic (exact) mass is 272 g/mol. The summed E-state index contributed by atoms with van der Waals surface area (Å²) in [5.41, 5.74) is 7.03. The fourth-order valence-corrected chi connectivity index (χ4v) is 1.59. The number of nitrogens with two attached hydrogens (primary N) is 1. The summed E-state index contributed by atoms with van der Waals surface area (Å²) in [4.78, 5) is 4.29. The van der Waals surface area contributed by atoms with Crippen molar-refractivity contribution < 1.29 is 4.74 Å². The number of rotatable bonds is 5. The van der Waals surface area contributed by atoms with Crippen LogP contribution in [0, 0.1) is 5.92 Å². The number of halogens is 1. The van der Waals surface area contributed by atoms with Crippen molar-refractivity contribution in [2.24, 2.45) is 11.7 Å². The minimum atomic E-state index is -0.0201. The van der Waals surface area contributed by atoms with Gasteiger partial charge < -0.3 is 10.5 Å². The molecule has 0 aliphatic carbocycles. The van der Waals surface area contributed by atoms with Crippen molar-refractivity contribution in [3.63, 3.8) is 0 Å². The molecular formula is C11H17BrN2O. The Labute approximate surface area is 99.2 Å². The Morgan fingerprint density at radius 2 is 2.27 bits per heavy atom. The van der Waals surface area contributed by atoms with E-state index in [0.717, 1.165) is 23.2 Å². The Hall–Kier alpha value is -0.450. The summed E-state index contributed by atoms with van der Waals surface area (Å²) in [7, 11) is 1.70. The molecule has 2 N–H and O–H groups in total. The number of ether oxygens (including phenoxy) is 1. The molecule has 0 bridgehead atoms. The molecule has 1 rings (SSSR count). The van der Waals surface area contributed by atoms with E-state index in [-0.39, 0.29) is 6.04 Å². The summed E-state index contributed by atoms with van der Waals surface area (Å²) in [6, 6.07) is 3.90. The van der Waals surface area contributed by atoms with Gasteiger partial charge in [0.05, 0.1) is 5.69 Å². The first-order valence-electron chi connectivity index (χ1n) is 5.01. The molecule has 3 nitrogen and oxygen atoms in total.